The summed E-state index contributed by atoms with van der Waals surface area (Å²) in [6.07, 6.45) is 5.88. The first kappa shape index (κ1) is 10.7. The van der Waals surface area contributed by atoms with Gasteiger partial charge in [0, 0.05) is 13.0 Å². The molecule has 3 nitrogen and oxygen atoms in total. The number of amides is 1. The molecule has 3 atom stereocenters. The van der Waals surface area contributed by atoms with Gasteiger partial charge in [-0.3, -0.25) is 4.79 Å². The van der Waals surface area contributed by atoms with Gasteiger partial charge in [-0.2, -0.15) is 0 Å². The molecule has 84 valence electrons. The van der Waals surface area contributed by atoms with E-state index in [0.29, 0.717) is 12.3 Å². The van der Waals surface area contributed by atoms with Crippen molar-refractivity contribution >= 4 is 5.91 Å². The van der Waals surface area contributed by atoms with Crippen LogP contribution in [0.15, 0.2) is 12.7 Å². The lowest BCUT2D eigenvalue weighted by atomic mass is 9.89. The zero-order chi connectivity index (χ0) is 10.8. The summed E-state index contributed by atoms with van der Waals surface area (Å²) in [7, 11) is 0. The highest BCUT2D eigenvalue weighted by Gasteiger charge is 2.41. The van der Waals surface area contributed by atoms with E-state index in [2.05, 4.69) is 6.58 Å². The molecule has 0 aromatic heterocycles. The largest absolute Gasteiger partial charge is 0.391 e. The van der Waals surface area contributed by atoms with Crippen molar-refractivity contribution in [2.75, 3.05) is 6.54 Å². The Kier molecular flexibility index (Phi) is 3.10. The van der Waals surface area contributed by atoms with Crippen LogP contribution in [0.2, 0.25) is 0 Å². The van der Waals surface area contributed by atoms with Crippen LogP contribution in [-0.2, 0) is 4.79 Å². The molecular formula is C12H19NO2. The SMILES string of the molecule is C=CC[C@H]1CCCC(=O)N2CC[C@H](O)[C@H]12. The average Bonchev–Trinajstić information content (AvgIpc) is 2.51. The minimum Gasteiger partial charge on any atom is -0.391 e. The molecule has 2 fully saturated rings. The fourth-order valence-electron chi connectivity index (χ4n) is 2.96. The summed E-state index contributed by atoms with van der Waals surface area (Å²) in [6, 6.07) is 0.0537. The van der Waals surface area contributed by atoms with Crippen molar-refractivity contribution in [1.29, 1.82) is 0 Å². The Morgan fingerprint density at radius 1 is 1.53 bits per heavy atom. The van der Waals surface area contributed by atoms with E-state index >= 15 is 0 Å². The molecule has 0 spiro atoms. The van der Waals surface area contributed by atoms with E-state index < -0.39 is 0 Å². The number of carbonyl (C=O) groups is 1. The van der Waals surface area contributed by atoms with Crippen LogP contribution in [0.25, 0.3) is 0 Å². The number of nitrogens with zero attached hydrogens (tertiary/aromatic N) is 1. The van der Waals surface area contributed by atoms with Gasteiger partial charge >= 0.3 is 0 Å². The monoisotopic (exact) mass is 209 g/mol. The predicted molar refractivity (Wildman–Crippen MR) is 58.3 cm³/mol. The van der Waals surface area contributed by atoms with Crippen molar-refractivity contribution in [1.82, 2.24) is 4.90 Å². The third-order valence-corrected chi connectivity index (χ3v) is 3.66. The first-order valence-electron chi connectivity index (χ1n) is 5.82. The normalized spacial score (nSPS) is 36.2. The van der Waals surface area contributed by atoms with Gasteiger partial charge in [0.2, 0.25) is 5.91 Å². The molecule has 0 unspecified atom stereocenters. The number of hydrogen-bond acceptors (Lipinski definition) is 2. The van der Waals surface area contributed by atoms with Gasteiger partial charge in [0.15, 0.2) is 0 Å². The van der Waals surface area contributed by atoms with E-state index in [-0.39, 0.29) is 18.1 Å². The van der Waals surface area contributed by atoms with Crippen LogP contribution in [0.4, 0.5) is 0 Å². The van der Waals surface area contributed by atoms with E-state index in [1.54, 1.807) is 0 Å². The van der Waals surface area contributed by atoms with E-state index in [1.165, 1.54) is 0 Å². The molecule has 0 saturated carbocycles. The highest BCUT2D eigenvalue weighted by molar-refractivity contribution is 5.77. The Morgan fingerprint density at radius 2 is 2.33 bits per heavy atom. The Labute approximate surface area is 90.8 Å². The van der Waals surface area contributed by atoms with Crippen molar-refractivity contribution in [3.63, 3.8) is 0 Å². The highest BCUT2D eigenvalue weighted by atomic mass is 16.3. The molecule has 0 aliphatic carbocycles. The van der Waals surface area contributed by atoms with E-state index in [0.717, 1.165) is 32.2 Å². The summed E-state index contributed by atoms with van der Waals surface area (Å²) < 4.78 is 0. The smallest absolute Gasteiger partial charge is 0.222 e. The Hall–Kier alpha value is -0.830. The molecule has 0 aromatic rings. The third-order valence-electron chi connectivity index (χ3n) is 3.66. The van der Waals surface area contributed by atoms with E-state index in [1.807, 2.05) is 11.0 Å². The minimum absolute atomic E-state index is 0.0537. The maximum Gasteiger partial charge on any atom is 0.222 e. The van der Waals surface area contributed by atoms with Gasteiger partial charge in [-0.1, -0.05) is 6.08 Å². The summed E-state index contributed by atoms with van der Waals surface area (Å²) in [5.41, 5.74) is 0. The lowest BCUT2D eigenvalue weighted by Crippen LogP contribution is -2.42. The van der Waals surface area contributed by atoms with Gasteiger partial charge in [-0.05, 0) is 31.6 Å². The van der Waals surface area contributed by atoms with Crippen molar-refractivity contribution < 1.29 is 9.90 Å². The summed E-state index contributed by atoms with van der Waals surface area (Å²) in [4.78, 5) is 13.7. The van der Waals surface area contributed by atoms with Gasteiger partial charge in [-0.25, -0.2) is 0 Å². The summed E-state index contributed by atoms with van der Waals surface area (Å²) >= 11 is 0. The number of fused-ring (bicyclic) bond motifs is 1. The lowest BCUT2D eigenvalue weighted by Gasteiger charge is -2.30. The number of aliphatic hydroxyl groups is 1. The number of allylic oxidation sites excluding steroid dienone is 1. The molecule has 1 amide bonds. The van der Waals surface area contributed by atoms with Gasteiger partial charge in [0.05, 0.1) is 12.1 Å². The van der Waals surface area contributed by atoms with Crippen molar-refractivity contribution in [2.45, 2.75) is 44.2 Å². The van der Waals surface area contributed by atoms with Gasteiger partial charge in [-0.15, -0.1) is 6.58 Å². The fourth-order valence-corrected chi connectivity index (χ4v) is 2.96. The van der Waals surface area contributed by atoms with Crippen LogP contribution in [0.5, 0.6) is 0 Å². The summed E-state index contributed by atoms with van der Waals surface area (Å²) in [5.74, 6) is 0.634. The van der Waals surface area contributed by atoms with Crippen LogP contribution >= 0.6 is 0 Å². The molecule has 2 heterocycles. The molecule has 2 saturated heterocycles. The van der Waals surface area contributed by atoms with Crippen LogP contribution in [-0.4, -0.2) is 34.6 Å². The van der Waals surface area contributed by atoms with Crippen LogP contribution < -0.4 is 0 Å². The summed E-state index contributed by atoms with van der Waals surface area (Å²) in [5, 5.41) is 9.94. The zero-order valence-electron chi connectivity index (χ0n) is 9.06. The predicted octanol–water partition coefficient (Wildman–Crippen LogP) is 1.32. The third kappa shape index (κ3) is 1.93. The lowest BCUT2D eigenvalue weighted by molar-refractivity contribution is -0.132. The highest BCUT2D eigenvalue weighted by Crippen LogP contribution is 2.33. The van der Waals surface area contributed by atoms with Crippen LogP contribution in [0.1, 0.15) is 32.1 Å². The molecule has 2 aliphatic rings. The topological polar surface area (TPSA) is 40.5 Å². The Morgan fingerprint density at radius 3 is 3.07 bits per heavy atom. The van der Waals surface area contributed by atoms with Gasteiger partial charge < -0.3 is 10.0 Å². The first-order chi connectivity index (χ1) is 7.24. The molecule has 2 aliphatic heterocycles. The Balaban J connectivity index is 2.18. The number of carbonyl (C=O) groups excluding carboxylic acids is 1. The number of hydrogen-bond donors (Lipinski definition) is 1. The number of aliphatic hydroxyl groups excluding tert-OH is 1. The van der Waals surface area contributed by atoms with Crippen molar-refractivity contribution in [3.8, 4) is 0 Å². The molecule has 3 heteroatoms. The molecule has 0 radical (unpaired) electrons. The van der Waals surface area contributed by atoms with E-state index in [9.17, 15) is 9.90 Å². The van der Waals surface area contributed by atoms with Crippen LogP contribution in [0, 0.1) is 5.92 Å². The van der Waals surface area contributed by atoms with Gasteiger partial charge in [0.25, 0.3) is 0 Å². The summed E-state index contributed by atoms with van der Waals surface area (Å²) in [6.45, 7) is 4.49. The fraction of sp³-hybridized carbons (Fsp3) is 0.750. The first-order valence-corrected chi connectivity index (χ1v) is 5.82. The molecule has 1 N–H and O–H groups in total. The molecule has 15 heavy (non-hydrogen) atoms. The average molecular weight is 209 g/mol. The van der Waals surface area contributed by atoms with E-state index in [4.69, 9.17) is 0 Å². The Bertz CT molecular complexity index is 264. The van der Waals surface area contributed by atoms with Crippen LogP contribution in [0.3, 0.4) is 0 Å². The van der Waals surface area contributed by atoms with Crippen molar-refractivity contribution in [3.05, 3.63) is 12.7 Å². The molecule has 0 aromatic carbocycles. The zero-order valence-corrected chi connectivity index (χ0v) is 9.06. The second-order valence-corrected chi connectivity index (χ2v) is 4.61. The quantitative estimate of drug-likeness (QED) is 0.697. The maximum absolute atomic E-state index is 11.8. The maximum atomic E-state index is 11.8. The minimum atomic E-state index is -0.322. The number of rotatable bonds is 2. The molecule has 0 bridgehead atoms. The van der Waals surface area contributed by atoms with Gasteiger partial charge in [0.1, 0.15) is 0 Å². The molecular weight excluding hydrogens is 190 g/mol. The van der Waals surface area contributed by atoms with Crippen molar-refractivity contribution in [2.24, 2.45) is 5.92 Å². The second kappa shape index (κ2) is 4.35. The second-order valence-electron chi connectivity index (χ2n) is 4.61. The standard InChI is InChI=1S/C12H19NO2/c1-2-4-9-5-3-6-11(15)13-8-7-10(14)12(9)13/h2,9-10,12,14H,1,3-8H2/t9-,10-,12-/m0/s1. The molecule has 2 rings (SSSR count).